The van der Waals surface area contributed by atoms with Gasteiger partial charge in [0, 0.05) is 11.3 Å². The predicted octanol–water partition coefficient (Wildman–Crippen LogP) is 6.82. The summed E-state index contributed by atoms with van der Waals surface area (Å²) in [6, 6.07) is 14.6. The Hall–Kier alpha value is -2.84. The Morgan fingerprint density at radius 1 is 1.06 bits per heavy atom. The molecule has 0 fully saturated rings. The van der Waals surface area contributed by atoms with Crippen LogP contribution in [-0.4, -0.2) is 4.98 Å². The molecular formula is C27H28BrN3O. The number of nitrogens with zero attached hydrogens (tertiary/aromatic N) is 2. The molecule has 0 spiro atoms. The first kappa shape index (κ1) is 22.4. The number of halogens is 1. The van der Waals surface area contributed by atoms with E-state index in [1.807, 2.05) is 24.3 Å². The molecule has 1 aliphatic carbocycles. The van der Waals surface area contributed by atoms with Gasteiger partial charge in [-0.25, -0.2) is 4.98 Å². The van der Waals surface area contributed by atoms with Gasteiger partial charge in [0.05, 0.1) is 4.47 Å². The average Bonchev–Trinajstić information content (AvgIpc) is 2.75. The third-order valence-corrected chi connectivity index (χ3v) is 6.94. The van der Waals surface area contributed by atoms with Gasteiger partial charge in [-0.3, -0.25) is 0 Å². The monoisotopic (exact) mass is 489 g/mol. The second-order valence-electron chi connectivity index (χ2n) is 8.51. The van der Waals surface area contributed by atoms with Crippen LogP contribution in [0.4, 0.5) is 5.82 Å². The molecule has 1 aromatic heterocycles. The van der Waals surface area contributed by atoms with Gasteiger partial charge in [0.25, 0.3) is 0 Å². The number of pyridine rings is 1. The van der Waals surface area contributed by atoms with Crippen LogP contribution in [0.25, 0.3) is 11.1 Å². The lowest BCUT2D eigenvalue weighted by Crippen LogP contribution is -2.11. The number of hydrogen-bond acceptors (Lipinski definition) is 4. The SMILES string of the molecule is Cc1cc(C)c(-c2c(C#N)c(N)nc3c2CCCCCC3)cc1COc1ccccc1Br. The Morgan fingerprint density at radius 2 is 1.81 bits per heavy atom. The van der Waals surface area contributed by atoms with Crippen molar-refractivity contribution in [1.29, 1.82) is 5.26 Å². The van der Waals surface area contributed by atoms with Crippen LogP contribution in [0.2, 0.25) is 0 Å². The highest BCUT2D eigenvalue weighted by Gasteiger charge is 2.22. The number of para-hydroxylation sites is 1. The van der Waals surface area contributed by atoms with Gasteiger partial charge < -0.3 is 10.5 Å². The summed E-state index contributed by atoms with van der Waals surface area (Å²) < 4.78 is 7.05. The molecule has 0 unspecified atom stereocenters. The summed E-state index contributed by atoms with van der Waals surface area (Å²) in [4.78, 5) is 4.65. The van der Waals surface area contributed by atoms with E-state index in [0.717, 1.165) is 63.9 Å². The summed E-state index contributed by atoms with van der Waals surface area (Å²) in [5, 5.41) is 9.99. The zero-order chi connectivity index (χ0) is 22.7. The maximum absolute atomic E-state index is 9.99. The molecule has 164 valence electrons. The van der Waals surface area contributed by atoms with Crippen molar-refractivity contribution in [1.82, 2.24) is 4.98 Å². The molecule has 1 heterocycles. The van der Waals surface area contributed by atoms with Gasteiger partial charge in [-0.15, -0.1) is 0 Å². The number of aryl methyl sites for hydroxylation is 3. The normalized spacial score (nSPS) is 13.6. The number of nitriles is 1. The van der Waals surface area contributed by atoms with Gasteiger partial charge in [-0.1, -0.05) is 31.0 Å². The van der Waals surface area contributed by atoms with Gasteiger partial charge in [0.15, 0.2) is 0 Å². The minimum absolute atomic E-state index is 0.341. The average molecular weight is 490 g/mol. The maximum atomic E-state index is 9.99. The van der Waals surface area contributed by atoms with Gasteiger partial charge in [-0.2, -0.15) is 5.26 Å². The van der Waals surface area contributed by atoms with E-state index in [0.29, 0.717) is 18.0 Å². The molecule has 5 heteroatoms. The van der Waals surface area contributed by atoms with Crippen LogP contribution in [-0.2, 0) is 19.4 Å². The van der Waals surface area contributed by atoms with Crippen molar-refractivity contribution >= 4 is 21.7 Å². The third-order valence-electron chi connectivity index (χ3n) is 6.29. The molecule has 0 radical (unpaired) electrons. The molecule has 0 saturated carbocycles. The lowest BCUT2D eigenvalue weighted by Gasteiger charge is -2.22. The molecule has 0 aliphatic heterocycles. The Labute approximate surface area is 198 Å². The second-order valence-corrected chi connectivity index (χ2v) is 9.37. The fraction of sp³-hybridized carbons (Fsp3) is 0.333. The fourth-order valence-corrected chi connectivity index (χ4v) is 4.96. The number of ether oxygens (including phenoxy) is 1. The van der Waals surface area contributed by atoms with Crippen LogP contribution in [0, 0.1) is 25.2 Å². The van der Waals surface area contributed by atoms with Crippen molar-refractivity contribution in [3.63, 3.8) is 0 Å². The highest BCUT2D eigenvalue weighted by Crippen LogP contribution is 2.38. The zero-order valence-corrected chi connectivity index (χ0v) is 20.3. The number of nitrogens with two attached hydrogens (primary N) is 1. The Bertz CT molecular complexity index is 1200. The summed E-state index contributed by atoms with van der Waals surface area (Å²) in [5.74, 6) is 1.15. The molecule has 2 N–H and O–H groups in total. The molecule has 2 aromatic carbocycles. The standard InChI is InChI=1S/C27H28BrN3O/c1-17-13-18(2)21(14-19(17)16-32-25-12-8-7-10-23(25)28)26-20-9-5-3-4-6-11-24(20)31-27(30)22(26)15-29/h7-8,10,12-14H,3-6,9,11,16H2,1-2H3,(H2,30,31). The highest BCUT2D eigenvalue weighted by molar-refractivity contribution is 9.10. The van der Waals surface area contributed by atoms with Gasteiger partial charge in [0.1, 0.15) is 29.8 Å². The van der Waals surface area contributed by atoms with Crippen LogP contribution in [0.3, 0.4) is 0 Å². The number of nitrogen functional groups attached to an aromatic ring is 1. The van der Waals surface area contributed by atoms with E-state index in [1.54, 1.807) is 0 Å². The number of rotatable bonds is 4. The van der Waals surface area contributed by atoms with Crippen LogP contribution in [0.15, 0.2) is 40.9 Å². The number of aromatic nitrogens is 1. The van der Waals surface area contributed by atoms with Gasteiger partial charge in [0.2, 0.25) is 0 Å². The summed E-state index contributed by atoms with van der Waals surface area (Å²) in [6.45, 7) is 4.66. The molecule has 4 nitrogen and oxygen atoms in total. The van der Waals surface area contributed by atoms with Crippen molar-refractivity contribution in [2.45, 2.75) is 59.0 Å². The molecule has 0 bridgehead atoms. The molecule has 0 amide bonds. The Kier molecular flexibility index (Phi) is 6.81. The van der Waals surface area contributed by atoms with Crippen LogP contribution < -0.4 is 10.5 Å². The number of fused-ring (bicyclic) bond motifs is 1. The van der Waals surface area contributed by atoms with Crippen LogP contribution in [0.1, 0.15) is 59.2 Å². The predicted molar refractivity (Wildman–Crippen MR) is 133 cm³/mol. The summed E-state index contributed by atoms with van der Waals surface area (Å²) >= 11 is 3.55. The van der Waals surface area contributed by atoms with E-state index in [4.69, 9.17) is 10.5 Å². The third kappa shape index (κ3) is 4.52. The van der Waals surface area contributed by atoms with Crippen LogP contribution >= 0.6 is 15.9 Å². The van der Waals surface area contributed by atoms with Crippen molar-refractivity contribution in [3.05, 3.63) is 74.4 Å². The largest absolute Gasteiger partial charge is 0.488 e. The van der Waals surface area contributed by atoms with Crippen molar-refractivity contribution in [2.24, 2.45) is 0 Å². The van der Waals surface area contributed by atoms with Crippen molar-refractivity contribution in [2.75, 3.05) is 5.73 Å². The quantitative estimate of drug-likeness (QED) is 0.436. The van der Waals surface area contributed by atoms with Gasteiger partial charge >= 0.3 is 0 Å². The van der Waals surface area contributed by atoms with Crippen LogP contribution in [0.5, 0.6) is 5.75 Å². The first-order valence-electron chi connectivity index (χ1n) is 11.2. The van der Waals surface area contributed by atoms with E-state index < -0.39 is 0 Å². The molecule has 0 saturated heterocycles. The van der Waals surface area contributed by atoms with Gasteiger partial charge in [-0.05, 0) is 101 Å². The summed E-state index contributed by atoms with van der Waals surface area (Å²) in [6.07, 6.45) is 6.51. The lowest BCUT2D eigenvalue weighted by atomic mass is 9.85. The first-order valence-corrected chi connectivity index (χ1v) is 12.0. The van der Waals surface area contributed by atoms with Crippen molar-refractivity contribution < 1.29 is 4.74 Å². The minimum atomic E-state index is 0.341. The summed E-state index contributed by atoms with van der Waals surface area (Å²) in [5.41, 5.74) is 14.5. The second kappa shape index (κ2) is 9.75. The first-order chi connectivity index (χ1) is 15.5. The van der Waals surface area contributed by atoms with Crippen molar-refractivity contribution in [3.8, 4) is 22.9 Å². The summed E-state index contributed by atoms with van der Waals surface area (Å²) in [7, 11) is 0. The topological polar surface area (TPSA) is 71.9 Å². The number of hydrogen-bond donors (Lipinski definition) is 1. The molecule has 0 atom stereocenters. The molecule has 3 aromatic rings. The van der Waals surface area contributed by atoms with E-state index >= 15 is 0 Å². The lowest BCUT2D eigenvalue weighted by molar-refractivity contribution is 0.303. The Morgan fingerprint density at radius 3 is 2.56 bits per heavy atom. The van der Waals surface area contributed by atoms with E-state index in [9.17, 15) is 5.26 Å². The molecule has 1 aliphatic rings. The zero-order valence-electron chi connectivity index (χ0n) is 18.7. The Balaban J connectivity index is 1.82. The fourth-order valence-electron chi connectivity index (χ4n) is 4.57. The van der Waals surface area contributed by atoms with E-state index in [1.165, 1.54) is 24.0 Å². The number of anilines is 1. The maximum Gasteiger partial charge on any atom is 0.142 e. The minimum Gasteiger partial charge on any atom is -0.488 e. The van der Waals surface area contributed by atoms with E-state index in [-0.39, 0.29) is 0 Å². The number of benzene rings is 2. The molecular weight excluding hydrogens is 462 g/mol. The highest BCUT2D eigenvalue weighted by atomic mass is 79.9. The van der Waals surface area contributed by atoms with E-state index in [2.05, 4.69) is 53.0 Å². The molecule has 4 rings (SSSR count). The molecule has 32 heavy (non-hydrogen) atoms. The smallest absolute Gasteiger partial charge is 0.142 e.